The molecule has 0 aliphatic heterocycles. The van der Waals surface area contributed by atoms with Gasteiger partial charge in [0.1, 0.15) is 5.82 Å². The zero-order valence-corrected chi connectivity index (χ0v) is 23.2. The van der Waals surface area contributed by atoms with Gasteiger partial charge in [-0.2, -0.15) is 9.90 Å². The van der Waals surface area contributed by atoms with Gasteiger partial charge in [0, 0.05) is 49.2 Å². The highest BCUT2D eigenvalue weighted by atomic mass is 35.5. The highest BCUT2D eigenvalue weighted by molar-refractivity contribution is 6.30. The first-order chi connectivity index (χ1) is 17.8. The van der Waals surface area contributed by atoms with E-state index in [0.29, 0.717) is 25.0 Å². The quantitative estimate of drug-likeness (QED) is 0.307. The second-order valence-electron chi connectivity index (χ2n) is 10.3. The number of halogens is 1. The summed E-state index contributed by atoms with van der Waals surface area (Å²) < 4.78 is 1.89. The first kappa shape index (κ1) is 25.4. The Hall–Kier alpha value is -3.20. The van der Waals surface area contributed by atoms with E-state index in [2.05, 4.69) is 56.3 Å². The fourth-order valence-electron chi connectivity index (χ4n) is 5.56. The molecular weight excluding hydrogens is 486 g/mol. The molecule has 3 heterocycles. The lowest BCUT2D eigenvalue weighted by molar-refractivity contribution is 0.532. The molecule has 9 nitrogen and oxygen atoms in total. The van der Waals surface area contributed by atoms with Gasteiger partial charge >= 0.3 is 0 Å². The molecule has 1 aromatic carbocycles. The molecule has 1 aliphatic carbocycles. The van der Waals surface area contributed by atoms with Crippen LogP contribution in [0, 0.1) is 19.8 Å². The van der Waals surface area contributed by atoms with E-state index in [1.807, 2.05) is 30.8 Å². The Morgan fingerprint density at radius 3 is 2.46 bits per heavy atom. The molecular formula is C27H36ClN9. The normalized spacial score (nSPS) is 14.1. The van der Waals surface area contributed by atoms with Gasteiger partial charge in [-0.3, -0.25) is 4.68 Å². The summed E-state index contributed by atoms with van der Waals surface area (Å²) in [5, 5.41) is 19.5. The van der Waals surface area contributed by atoms with Crippen LogP contribution in [-0.4, -0.2) is 48.1 Å². The van der Waals surface area contributed by atoms with Gasteiger partial charge in [-0.1, -0.05) is 35.6 Å². The van der Waals surface area contributed by atoms with Crippen molar-refractivity contribution >= 4 is 34.4 Å². The molecule has 37 heavy (non-hydrogen) atoms. The van der Waals surface area contributed by atoms with E-state index in [9.17, 15) is 0 Å². The molecule has 0 amide bonds. The zero-order valence-electron chi connectivity index (χ0n) is 22.4. The number of nitrogens with zero attached hydrogens (tertiary/aromatic N) is 9. The predicted molar refractivity (Wildman–Crippen MR) is 148 cm³/mol. The van der Waals surface area contributed by atoms with E-state index < -0.39 is 0 Å². The number of tetrazole rings is 1. The molecule has 0 spiro atoms. The van der Waals surface area contributed by atoms with Gasteiger partial charge in [0.05, 0.1) is 12.7 Å². The minimum atomic E-state index is 0.577. The Kier molecular flexibility index (Phi) is 7.33. The summed E-state index contributed by atoms with van der Waals surface area (Å²) in [7, 11) is 3.76. The molecule has 0 unspecified atom stereocenters. The summed E-state index contributed by atoms with van der Waals surface area (Å²) in [6.45, 7) is 9.43. The van der Waals surface area contributed by atoms with Crippen molar-refractivity contribution in [3.8, 4) is 0 Å². The maximum Gasteiger partial charge on any atom is 0.266 e. The average Bonchev–Trinajstić information content (AvgIpc) is 3.58. The Balaban J connectivity index is 1.57. The summed E-state index contributed by atoms with van der Waals surface area (Å²) in [4.78, 5) is 11.3. The largest absolute Gasteiger partial charge is 0.356 e. The minimum Gasteiger partial charge on any atom is -0.356 e. The number of anilines is 2. The van der Waals surface area contributed by atoms with Gasteiger partial charge in [0.15, 0.2) is 5.65 Å². The van der Waals surface area contributed by atoms with Gasteiger partial charge in [-0.15, -0.1) is 5.10 Å². The summed E-state index contributed by atoms with van der Waals surface area (Å²) in [6.07, 6.45) is 5.24. The molecule has 0 bridgehead atoms. The van der Waals surface area contributed by atoms with Gasteiger partial charge in [0.25, 0.3) is 5.95 Å². The molecule has 1 saturated carbocycles. The lowest BCUT2D eigenvalue weighted by atomic mass is 10.1. The molecule has 5 rings (SSSR count). The van der Waals surface area contributed by atoms with Crippen LogP contribution in [0.1, 0.15) is 55.0 Å². The van der Waals surface area contributed by atoms with Crippen LogP contribution >= 0.6 is 11.6 Å². The zero-order chi connectivity index (χ0) is 26.1. The van der Waals surface area contributed by atoms with Crippen LogP contribution in [0.15, 0.2) is 24.3 Å². The van der Waals surface area contributed by atoms with Gasteiger partial charge in [0.2, 0.25) is 0 Å². The number of pyridine rings is 1. The van der Waals surface area contributed by atoms with Crippen molar-refractivity contribution in [3.05, 3.63) is 51.7 Å². The van der Waals surface area contributed by atoms with Crippen molar-refractivity contribution in [2.45, 2.75) is 59.5 Å². The van der Waals surface area contributed by atoms with Crippen LogP contribution in [0.3, 0.4) is 0 Å². The topological polar surface area (TPSA) is 80.8 Å². The second kappa shape index (κ2) is 10.7. The summed E-state index contributed by atoms with van der Waals surface area (Å²) in [6, 6.07) is 8.38. The Morgan fingerprint density at radius 2 is 1.78 bits per heavy atom. The molecule has 1 fully saturated rings. The van der Waals surface area contributed by atoms with Crippen LogP contribution in [0.25, 0.3) is 11.0 Å². The molecule has 4 aromatic rings. The molecule has 3 aromatic heterocycles. The van der Waals surface area contributed by atoms with Crippen molar-refractivity contribution in [2.24, 2.45) is 20.0 Å². The predicted octanol–water partition coefficient (Wildman–Crippen LogP) is 4.99. The van der Waals surface area contributed by atoms with E-state index in [4.69, 9.17) is 16.6 Å². The molecule has 0 radical (unpaired) electrons. The molecule has 0 saturated heterocycles. The van der Waals surface area contributed by atoms with E-state index >= 15 is 0 Å². The van der Waals surface area contributed by atoms with Crippen molar-refractivity contribution in [2.75, 3.05) is 22.9 Å². The van der Waals surface area contributed by atoms with Crippen LogP contribution < -0.4 is 9.80 Å². The second-order valence-corrected chi connectivity index (χ2v) is 10.7. The van der Waals surface area contributed by atoms with Crippen molar-refractivity contribution < 1.29 is 0 Å². The van der Waals surface area contributed by atoms with Gasteiger partial charge in [-0.25, -0.2) is 4.98 Å². The molecule has 0 atom stereocenters. The number of benzene rings is 1. The van der Waals surface area contributed by atoms with Crippen molar-refractivity contribution in [1.82, 2.24) is 35.0 Å². The number of aryl methyl sites for hydroxylation is 4. The Morgan fingerprint density at radius 1 is 1.00 bits per heavy atom. The summed E-state index contributed by atoms with van der Waals surface area (Å²) in [5.74, 6) is 2.31. The standard InChI is InChI=1S/C27H36ClN9/c1-6-36(15-20-9-7-8-10-20)25-22(14-24-19(3)31-34(4)26(24)29-25)17-37(27-30-33-35(5)32-27)16-21-11-18(2)12-23(28)13-21/h11-14,20H,6-10,15-17H2,1-5H3. The average molecular weight is 522 g/mol. The van der Waals surface area contributed by atoms with E-state index in [1.54, 1.807) is 7.05 Å². The first-order valence-electron chi connectivity index (χ1n) is 13.1. The SMILES string of the molecule is CCN(CC1CCCC1)c1nc2c(cc1CN(Cc1cc(C)cc(Cl)c1)c1nnn(C)n1)c(C)nn2C. The third-order valence-electron chi connectivity index (χ3n) is 7.31. The fourth-order valence-corrected chi connectivity index (χ4v) is 5.87. The van der Waals surface area contributed by atoms with Crippen LogP contribution in [0.2, 0.25) is 5.02 Å². The van der Waals surface area contributed by atoms with E-state index in [1.165, 1.54) is 30.5 Å². The third-order valence-corrected chi connectivity index (χ3v) is 7.52. The highest BCUT2D eigenvalue weighted by Gasteiger charge is 2.24. The summed E-state index contributed by atoms with van der Waals surface area (Å²) >= 11 is 6.40. The molecule has 10 heteroatoms. The van der Waals surface area contributed by atoms with Crippen LogP contribution in [0.5, 0.6) is 0 Å². The smallest absolute Gasteiger partial charge is 0.266 e. The summed E-state index contributed by atoms with van der Waals surface area (Å²) in [5.41, 5.74) is 5.25. The van der Waals surface area contributed by atoms with Crippen molar-refractivity contribution in [3.63, 3.8) is 0 Å². The number of aromatic nitrogens is 7. The minimum absolute atomic E-state index is 0.577. The fraction of sp³-hybridized carbons (Fsp3) is 0.519. The van der Waals surface area contributed by atoms with Gasteiger partial charge in [-0.05, 0) is 74.1 Å². The molecule has 1 aliphatic rings. The first-order valence-corrected chi connectivity index (χ1v) is 13.5. The van der Waals surface area contributed by atoms with Crippen LogP contribution in [-0.2, 0) is 27.2 Å². The Labute approximate surface area is 223 Å². The molecule has 0 N–H and O–H groups in total. The van der Waals surface area contributed by atoms with E-state index in [0.717, 1.165) is 57.3 Å². The third kappa shape index (κ3) is 5.56. The highest BCUT2D eigenvalue weighted by Crippen LogP contribution is 2.32. The van der Waals surface area contributed by atoms with E-state index in [-0.39, 0.29) is 0 Å². The lowest BCUT2D eigenvalue weighted by Gasteiger charge is -2.29. The van der Waals surface area contributed by atoms with Crippen molar-refractivity contribution in [1.29, 1.82) is 0 Å². The monoisotopic (exact) mass is 521 g/mol. The Bertz CT molecular complexity index is 1370. The number of rotatable bonds is 9. The maximum atomic E-state index is 6.40. The van der Waals surface area contributed by atoms with Gasteiger partial charge < -0.3 is 9.80 Å². The molecule has 196 valence electrons. The maximum absolute atomic E-state index is 6.40. The number of hydrogen-bond donors (Lipinski definition) is 0. The number of fused-ring (bicyclic) bond motifs is 1. The van der Waals surface area contributed by atoms with Crippen LogP contribution in [0.4, 0.5) is 11.8 Å². The number of hydrogen-bond acceptors (Lipinski definition) is 7. The lowest BCUT2D eigenvalue weighted by Crippen LogP contribution is -2.32.